The predicted octanol–water partition coefficient (Wildman–Crippen LogP) is 1.78. The van der Waals surface area contributed by atoms with Gasteiger partial charge in [0.2, 0.25) is 5.78 Å². The number of anilines is 1. The van der Waals surface area contributed by atoms with Crippen LogP contribution < -0.4 is 5.32 Å². The van der Waals surface area contributed by atoms with E-state index < -0.39 is 71.8 Å². The fraction of sp³-hybridized carbons (Fsp3) is 0.417. The average molecular weight is 580 g/mol. The molecule has 40 heavy (non-hydrogen) atoms. The zero-order valence-corrected chi connectivity index (χ0v) is 22.5. The van der Waals surface area contributed by atoms with Crippen LogP contribution in [0.15, 0.2) is 30.5 Å². The predicted molar refractivity (Wildman–Crippen MR) is 134 cm³/mol. The van der Waals surface area contributed by atoms with E-state index in [0.29, 0.717) is 0 Å². The molecule has 1 N–H and O–H groups in total. The molecule has 0 amide bonds. The molecule has 2 unspecified atom stereocenters. The molecule has 1 aliphatic rings. The SMILES string of the molecule is CC(=O)OCC1O[C@H](Nc2ncc(C(=O)c3ccc([N+](=O)[O-])cc3)s2)[C@H](OC(C)=O)C(OC(C)=O)[C@@H]1OC(C)=O. The van der Waals surface area contributed by atoms with E-state index in [1.54, 1.807) is 0 Å². The Labute approximate surface area is 230 Å². The number of ketones is 1. The number of carbonyl (C=O) groups is 5. The van der Waals surface area contributed by atoms with Gasteiger partial charge < -0.3 is 29.0 Å². The minimum atomic E-state index is -1.38. The van der Waals surface area contributed by atoms with E-state index in [9.17, 15) is 34.1 Å². The van der Waals surface area contributed by atoms with Crippen LogP contribution >= 0.6 is 11.3 Å². The minimum Gasteiger partial charge on any atom is -0.463 e. The molecule has 1 fully saturated rings. The van der Waals surface area contributed by atoms with Crippen molar-refractivity contribution in [2.45, 2.75) is 58.3 Å². The Balaban J connectivity index is 1.91. The number of rotatable bonds is 10. The van der Waals surface area contributed by atoms with Gasteiger partial charge in [-0.05, 0) is 12.1 Å². The van der Waals surface area contributed by atoms with E-state index >= 15 is 0 Å². The second-order valence-electron chi connectivity index (χ2n) is 8.43. The average Bonchev–Trinajstić information content (AvgIpc) is 3.33. The number of non-ortho nitro benzene ring substituents is 1. The number of esters is 4. The first-order chi connectivity index (χ1) is 18.8. The highest BCUT2D eigenvalue weighted by Gasteiger charge is 2.52. The molecule has 214 valence electrons. The summed E-state index contributed by atoms with van der Waals surface area (Å²) in [6.07, 6.45) is -5.23. The normalized spacial score (nSPS) is 21.9. The molecule has 2 heterocycles. The summed E-state index contributed by atoms with van der Waals surface area (Å²) in [5.74, 6) is -3.43. The number of thiazole rings is 1. The van der Waals surface area contributed by atoms with Gasteiger partial charge in [0.15, 0.2) is 29.7 Å². The highest BCUT2D eigenvalue weighted by atomic mass is 32.1. The van der Waals surface area contributed by atoms with E-state index in [4.69, 9.17) is 23.7 Å². The summed E-state index contributed by atoms with van der Waals surface area (Å²) >= 11 is 0.902. The van der Waals surface area contributed by atoms with Gasteiger partial charge in [-0.25, -0.2) is 4.98 Å². The minimum absolute atomic E-state index is 0.131. The van der Waals surface area contributed by atoms with Crippen LogP contribution in [0.3, 0.4) is 0 Å². The largest absolute Gasteiger partial charge is 0.463 e. The van der Waals surface area contributed by atoms with Gasteiger partial charge in [0.1, 0.15) is 12.7 Å². The summed E-state index contributed by atoms with van der Waals surface area (Å²) in [5.41, 5.74) is 0.0139. The Bertz CT molecular complexity index is 1290. The maximum absolute atomic E-state index is 12.9. The molecule has 0 radical (unpaired) electrons. The van der Waals surface area contributed by atoms with Crippen LogP contribution in [0.25, 0.3) is 0 Å². The number of carbonyl (C=O) groups excluding carboxylic acids is 5. The van der Waals surface area contributed by atoms with Crippen LogP contribution in [-0.4, -0.2) is 76.8 Å². The highest BCUT2D eigenvalue weighted by Crippen LogP contribution is 2.31. The molecule has 1 saturated heterocycles. The molecular formula is C24H25N3O12S. The Hall–Kier alpha value is -4.44. The van der Waals surface area contributed by atoms with E-state index in [1.807, 2.05) is 0 Å². The van der Waals surface area contributed by atoms with Crippen molar-refractivity contribution in [1.29, 1.82) is 0 Å². The monoisotopic (exact) mass is 579 g/mol. The lowest BCUT2D eigenvalue weighted by Gasteiger charge is -2.44. The van der Waals surface area contributed by atoms with Crippen LogP contribution in [0.1, 0.15) is 42.9 Å². The van der Waals surface area contributed by atoms with Crippen LogP contribution in [0, 0.1) is 10.1 Å². The second-order valence-corrected chi connectivity index (χ2v) is 9.46. The summed E-state index contributed by atoms with van der Waals surface area (Å²) in [7, 11) is 0. The van der Waals surface area contributed by atoms with Gasteiger partial charge in [-0.3, -0.25) is 34.1 Å². The first-order valence-electron chi connectivity index (χ1n) is 11.7. The Morgan fingerprint density at radius 3 is 2.05 bits per heavy atom. The molecule has 0 spiro atoms. The fourth-order valence-corrected chi connectivity index (χ4v) is 4.59. The summed E-state index contributed by atoms with van der Waals surface area (Å²) < 4.78 is 27.1. The maximum Gasteiger partial charge on any atom is 0.303 e. The van der Waals surface area contributed by atoms with Gasteiger partial charge in [0.25, 0.3) is 5.69 Å². The lowest BCUT2D eigenvalue weighted by Crippen LogP contribution is -2.64. The summed E-state index contributed by atoms with van der Waals surface area (Å²) in [6.45, 7) is 4.07. The zero-order valence-electron chi connectivity index (χ0n) is 21.7. The smallest absolute Gasteiger partial charge is 0.303 e. The van der Waals surface area contributed by atoms with Gasteiger partial charge in [0, 0.05) is 45.4 Å². The summed E-state index contributed by atoms with van der Waals surface area (Å²) in [6, 6.07) is 5.02. The number of nitro benzene ring substituents is 1. The van der Waals surface area contributed by atoms with Crippen molar-refractivity contribution in [1.82, 2.24) is 4.98 Å². The highest BCUT2D eigenvalue weighted by molar-refractivity contribution is 7.17. The van der Waals surface area contributed by atoms with Crippen molar-refractivity contribution in [3.05, 3.63) is 51.0 Å². The number of hydrogen-bond donors (Lipinski definition) is 1. The second kappa shape index (κ2) is 13.1. The number of hydrogen-bond acceptors (Lipinski definition) is 15. The topological polar surface area (TPSA) is 200 Å². The van der Waals surface area contributed by atoms with Gasteiger partial charge in [-0.2, -0.15) is 0 Å². The number of nitrogens with zero attached hydrogens (tertiary/aromatic N) is 2. The molecule has 5 atom stereocenters. The van der Waals surface area contributed by atoms with Crippen LogP contribution in [0.5, 0.6) is 0 Å². The Morgan fingerprint density at radius 2 is 1.50 bits per heavy atom. The lowest BCUT2D eigenvalue weighted by atomic mass is 9.97. The maximum atomic E-state index is 12.9. The zero-order chi connectivity index (χ0) is 29.6. The number of nitrogens with one attached hydrogen (secondary N) is 1. The molecule has 1 aliphatic heterocycles. The number of ether oxygens (including phenoxy) is 5. The van der Waals surface area contributed by atoms with E-state index in [2.05, 4.69) is 10.3 Å². The van der Waals surface area contributed by atoms with Crippen molar-refractivity contribution < 1.29 is 52.6 Å². The third-order valence-corrected chi connectivity index (χ3v) is 6.25. The van der Waals surface area contributed by atoms with E-state index in [-0.39, 0.29) is 21.3 Å². The van der Waals surface area contributed by atoms with Crippen molar-refractivity contribution in [2.24, 2.45) is 0 Å². The van der Waals surface area contributed by atoms with Crippen molar-refractivity contribution in [2.75, 3.05) is 11.9 Å². The molecule has 16 heteroatoms. The van der Waals surface area contributed by atoms with Crippen LogP contribution in [0.2, 0.25) is 0 Å². The molecule has 0 saturated carbocycles. The van der Waals surface area contributed by atoms with Gasteiger partial charge in [-0.1, -0.05) is 11.3 Å². The molecule has 3 rings (SSSR count). The van der Waals surface area contributed by atoms with E-state index in [1.165, 1.54) is 30.5 Å². The Kier molecular flexibility index (Phi) is 9.84. The molecule has 1 aromatic carbocycles. The number of benzene rings is 1. The fourth-order valence-electron chi connectivity index (χ4n) is 3.79. The van der Waals surface area contributed by atoms with Crippen LogP contribution in [0.4, 0.5) is 10.8 Å². The number of aromatic nitrogens is 1. The van der Waals surface area contributed by atoms with Gasteiger partial charge in [0.05, 0.1) is 16.0 Å². The van der Waals surface area contributed by atoms with Gasteiger partial charge >= 0.3 is 23.9 Å². The molecule has 2 aromatic rings. The standard InChI is InChI=1S/C24H25N3O12S/c1-11(28)35-10-17-20(36-12(2)29)21(37-13(3)30)22(38-14(4)31)23(39-17)26-24-25-9-18(40-24)19(32)15-5-7-16(8-6-15)27(33)34/h5-9,17,20-23H,10H2,1-4H3,(H,25,26)/t17?,20-,21?,22-,23+/m1/s1. The number of nitro groups is 1. The quantitative estimate of drug-likeness (QED) is 0.140. The third kappa shape index (κ3) is 7.79. The molecule has 0 aliphatic carbocycles. The summed E-state index contributed by atoms with van der Waals surface area (Å²) in [4.78, 5) is 74.7. The van der Waals surface area contributed by atoms with Crippen molar-refractivity contribution in [3.63, 3.8) is 0 Å². The summed E-state index contributed by atoms with van der Waals surface area (Å²) in [5, 5.41) is 13.9. The molecule has 0 bridgehead atoms. The van der Waals surface area contributed by atoms with Crippen molar-refractivity contribution in [3.8, 4) is 0 Å². The molecule has 1 aromatic heterocycles. The first-order valence-corrected chi connectivity index (χ1v) is 12.5. The molecule has 15 nitrogen and oxygen atoms in total. The van der Waals surface area contributed by atoms with E-state index in [0.717, 1.165) is 39.0 Å². The lowest BCUT2D eigenvalue weighted by molar-refractivity contribution is -0.384. The third-order valence-electron chi connectivity index (χ3n) is 5.33. The van der Waals surface area contributed by atoms with Crippen LogP contribution in [-0.2, 0) is 42.9 Å². The first kappa shape index (κ1) is 30.1. The van der Waals surface area contributed by atoms with Crippen molar-refractivity contribution >= 4 is 51.8 Å². The van der Waals surface area contributed by atoms with Gasteiger partial charge in [-0.15, -0.1) is 0 Å². The Morgan fingerprint density at radius 1 is 0.925 bits per heavy atom. The molecular weight excluding hydrogens is 554 g/mol.